The molecule has 0 aromatic heterocycles. The number of nitro groups is 1. The first-order valence-electron chi connectivity index (χ1n) is 10.7. The molecule has 182 valence electrons. The molecule has 2 aromatic carbocycles. The summed E-state index contributed by atoms with van der Waals surface area (Å²) in [5, 5.41) is 13.5. The fourth-order valence-electron chi connectivity index (χ4n) is 3.88. The van der Waals surface area contributed by atoms with Crippen LogP contribution in [0.5, 0.6) is 5.75 Å². The number of ether oxygens (including phenoxy) is 3. The second-order valence-corrected chi connectivity index (χ2v) is 7.88. The summed E-state index contributed by atoms with van der Waals surface area (Å²) < 4.78 is 15.5. The first-order chi connectivity index (χ1) is 16.8. The number of hydrogen-bond donors (Lipinski definition) is 1. The number of nitrogens with one attached hydrogen (secondary N) is 1. The molecule has 0 saturated carbocycles. The van der Waals surface area contributed by atoms with E-state index in [-0.39, 0.29) is 46.5 Å². The number of amides is 3. The lowest BCUT2D eigenvalue weighted by atomic mass is 10.1. The Bertz CT molecular complexity index is 1220. The topological polar surface area (TPSA) is 154 Å². The van der Waals surface area contributed by atoms with E-state index < -0.39 is 35.2 Å². The molecule has 2 aliphatic heterocycles. The number of fused-ring (bicyclic) bond motifs is 1. The smallest absolute Gasteiger partial charge is 0.338 e. The molecule has 0 spiro atoms. The molecule has 3 amide bonds. The van der Waals surface area contributed by atoms with E-state index in [2.05, 4.69) is 5.32 Å². The zero-order valence-corrected chi connectivity index (χ0v) is 18.6. The van der Waals surface area contributed by atoms with Gasteiger partial charge in [0.25, 0.3) is 23.4 Å². The third-order valence-electron chi connectivity index (χ3n) is 5.63. The molecule has 2 heterocycles. The zero-order valence-electron chi connectivity index (χ0n) is 18.6. The minimum Gasteiger partial charge on any atom is -0.497 e. The van der Waals surface area contributed by atoms with Gasteiger partial charge in [0.2, 0.25) is 0 Å². The van der Waals surface area contributed by atoms with Gasteiger partial charge in [-0.15, -0.1) is 0 Å². The molecule has 0 bridgehead atoms. The molecule has 1 atom stereocenters. The maximum atomic E-state index is 12.7. The lowest BCUT2D eigenvalue weighted by Gasteiger charge is -2.17. The lowest BCUT2D eigenvalue weighted by molar-refractivity contribution is -0.383. The molecule has 2 aliphatic rings. The fourth-order valence-corrected chi connectivity index (χ4v) is 3.88. The quantitative estimate of drug-likeness (QED) is 0.257. The van der Waals surface area contributed by atoms with Crippen LogP contribution < -0.4 is 10.1 Å². The van der Waals surface area contributed by atoms with Gasteiger partial charge in [0, 0.05) is 18.7 Å². The summed E-state index contributed by atoms with van der Waals surface area (Å²) in [4.78, 5) is 61.7. The predicted octanol–water partition coefficient (Wildman–Crippen LogP) is 2.17. The van der Waals surface area contributed by atoms with Crippen LogP contribution in [0, 0.1) is 10.1 Å². The van der Waals surface area contributed by atoms with E-state index in [0.717, 1.165) is 17.7 Å². The first-order valence-corrected chi connectivity index (χ1v) is 10.7. The number of benzene rings is 2. The van der Waals surface area contributed by atoms with Crippen LogP contribution in [0.3, 0.4) is 0 Å². The van der Waals surface area contributed by atoms with E-state index in [4.69, 9.17) is 14.2 Å². The zero-order chi connectivity index (χ0) is 25.1. The molecule has 1 fully saturated rings. The van der Waals surface area contributed by atoms with Gasteiger partial charge in [-0.3, -0.25) is 29.4 Å². The molecule has 4 rings (SSSR count). The highest BCUT2D eigenvalue weighted by Gasteiger charge is 2.38. The van der Waals surface area contributed by atoms with E-state index in [0.29, 0.717) is 6.61 Å². The molecule has 35 heavy (non-hydrogen) atoms. The molecule has 12 nitrogen and oxygen atoms in total. The lowest BCUT2D eigenvalue weighted by Crippen LogP contribution is -2.36. The summed E-state index contributed by atoms with van der Waals surface area (Å²) in [5.74, 6) is -2.42. The maximum absolute atomic E-state index is 12.7. The van der Waals surface area contributed by atoms with Crippen molar-refractivity contribution in [2.24, 2.45) is 0 Å². The summed E-state index contributed by atoms with van der Waals surface area (Å²) in [6.45, 7) is -0.00637. The Morgan fingerprint density at radius 1 is 1.17 bits per heavy atom. The van der Waals surface area contributed by atoms with Crippen LogP contribution in [0.1, 0.15) is 43.9 Å². The van der Waals surface area contributed by atoms with E-state index in [1.54, 1.807) is 0 Å². The third-order valence-corrected chi connectivity index (χ3v) is 5.63. The standard InChI is InChI=1S/C23H21N3O9/c1-33-14-5-7-19(26(31)32)18(10-14)24-20(27)12-35-23(30)13-4-6-16-17(9-13)22(29)25(21(16)28)11-15-3-2-8-34-15/h4-7,9-10,15H,2-3,8,11-12H2,1H3,(H,24,27)/t15-/m0/s1. The summed E-state index contributed by atoms with van der Waals surface area (Å²) in [7, 11) is 1.37. The monoisotopic (exact) mass is 483 g/mol. The number of carbonyl (C=O) groups excluding carboxylic acids is 4. The van der Waals surface area contributed by atoms with Crippen LogP contribution >= 0.6 is 0 Å². The number of nitro benzene ring substituents is 1. The number of imide groups is 1. The first kappa shape index (κ1) is 23.8. The molecular formula is C23H21N3O9. The molecule has 1 N–H and O–H groups in total. The molecule has 2 aromatic rings. The van der Waals surface area contributed by atoms with Gasteiger partial charge in [0.15, 0.2) is 6.61 Å². The molecule has 0 radical (unpaired) electrons. The Hall–Kier alpha value is -4.32. The van der Waals surface area contributed by atoms with E-state index in [9.17, 15) is 29.3 Å². The SMILES string of the molecule is COc1ccc([N+](=O)[O-])c(NC(=O)COC(=O)c2ccc3c(c2)C(=O)N(C[C@@H]2CCCO2)C3=O)c1. The molecular weight excluding hydrogens is 462 g/mol. The van der Waals surface area contributed by atoms with Crippen LogP contribution in [0.25, 0.3) is 0 Å². The van der Waals surface area contributed by atoms with Crippen LogP contribution in [0.4, 0.5) is 11.4 Å². The maximum Gasteiger partial charge on any atom is 0.338 e. The number of rotatable bonds is 8. The Labute approximate surface area is 198 Å². The van der Waals surface area contributed by atoms with Gasteiger partial charge in [-0.1, -0.05) is 0 Å². The Morgan fingerprint density at radius 2 is 1.94 bits per heavy atom. The van der Waals surface area contributed by atoms with Gasteiger partial charge in [0.05, 0.1) is 41.4 Å². The van der Waals surface area contributed by atoms with Crippen LogP contribution in [-0.2, 0) is 14.3 Å². The highest BCUT2D eigenvalue weighted by molar-refractivity contribution is 6.22. The molecule has 0 aliphatic carbocycles. The normalized spacial score (nSPS) is 16.7. The minimum absolute atomic E-state index is 0.0240. The molecule has 12 heteroatoms. The number of anilines is 1. The second kappa shape index (κ2) is 9.89. The summed E-state index contributed by atoms with van der Waals surface area (Å²) in [6.07, 6.45) is 1.41. The van der Waals surface area contributed by atoms with Gasteiger partial charge >= 0.3 is 5.97 Å². The summed E-state index contributed by atoms with van der Waals surface area (Å²) in [6, 6.07) is 7.75. The van der Waals surface area contributed by atoms with Crippen molar-refractivity contribution in [2.75, 3.05) is 32.2 Å². The largest absolute Gasteiger partial charge is 0.497 e. The van der Waals surface area contributed by atoms with Crippen molar-refractivity contribution in [1.29, 1.82) is 0 Å². The predicted molar refractivity (Wildman–Crippen MR) is 119 cm³/mol. The second-order valence-electron chi connectivity index (χ2n) is 7.88. The Kier molecular flexibility index (Phi) is 6.73. The molecule has 1 saturated heterocycles. The van der Waals surface area contributed by atoms with Gasteiger partial charge in [-0.25, -0.2) is 4.79 Å². The summed E-state index contributed by atoms with van der Waals surface area (Å²) >= 11 is 0. The van der Waals surface area contributed by atoms with Crippen molar-refractivity contribution < 1.29 is 38.3 Å². The number of hydrogen-bond acceptors (Lipinski definition) is 9. The highest BCUT2D eigenvalue weighted by atomic mass is 16.6. The van der Waals surface area contributed by atoms with Crippen molar-refractivity contribution >= 4 is 35.1 Å². The van der Waals surface area contributed by atoms with Crippen LogP contribution in [0.2, 0.25) is 0 Å². The van der Waals surface area contributed by atoms with Gasteiger partial charge in [-0.2, -0.15) is 0 Å². The van der Waals surface area contributed by atoms with Gasteiger partial charge < -0.3 is 19.5 Å². The van der Waals surface area contributed by atoms with Crippen LogP contribution in [-0.4, -0.2) is 66.5 Å². The molecule has 0 unspecified atom stereocenters. The number of nitrogens with zero attached hydrogens (tertiary/aromatic N) is 2. The van der Waals surface area contributed by atoms with Gasteiger partial charge in [-0.05, 0) is 37.1 Å². The Morgan fingerprint density at radius 3 is 2.63 bits per heavy atom. The average molecular weight is 483 g/mol. The van der Waals surface area contributed by atoms with Gasteiger partial charge in [0.1, 0.15) is 11.4 Å². The van der Waals surface area contributed by atoms with Crippen LogP contribution in [0.15, 0.2) is 36.4 Å². The van der Waals surface area contributed by atoms with E-state index in [1.807, 2.05) is 0 Å². The van der Waals surface area contributed by atoms with Crippen molar-refractivity contribution in [3.8, 4) is 5.75 Å². The number of carbonyl (C=O) groups is 4. The van der Waals surface area contributed by atoms with E-state index >= 15 is 0 Å². The third kappa shape index (κ3) is 4.96. The van der Waals surface area contributed by atoms with Crippen molar-refractivity contribution in [1.82, 2.24) is 4.90 Å². The number of methoxy groups -OCH3 is 1. The van der Waals surface area contributed by atoms with Crippen molar-refractivity contribution in [3.63, 3.8) is 0 Å². The number of esters is 1. The minimum atomic E-state index is -0.902. The van der Waals surface area contributed by atoms with E-state index in [1.165, 1.54) is 43.5 Å². The van der Waals surface area contributed by atoms with Crippen molar-refractivity contribution in [2.45, 2.75) is 18.9 Å². The highest BCUT2D eigenvalue weighted by Crippen LogP contribution is 2.29. The van der Waals surface area contributed by atoms with Crippen molar-refractivity contribution in [3.05, 3.63) is 63.2 Å². The fraction of sp³-hybridized carbons (Fsp3) is 0.304. The average Bonchev–Trinajstić information content (AvgIpc) is 3.45. The Balaban J connectivity index is 1.40. The summed E-state index contributed by atoms with van der Waals surface area (Å²) in [5.41, 5.74) is -0.265.